The molecule has 4 aliphatic rings. The number of para-hydroxylation sites is 3. The second-order valence-electron chi connectivity index (χ2n) is 27.3. The van der Waals surface area contributed by atoms with Crippen molar-refractivity contribution in [3.63, 3.8) is 0 Å². The van der Waals surface area contributed by atoms with Crippen LogP contribution in [0.1, 0.15) is 99.9 Å². The lowest BCUT2D eigenvalue weighted by molar-refractivity contribution is 0.600. The Morgan fingerprint density at radius 1 is 0.295 bits per heavy atom. The summed E-state index contributed by atoms with van der Waals surface area (Å²) in [5, 5.41) is 6.95. The molecule has 0 N–H and O–H groups in total. The lowest BCUT2D eigenvalue weighted by atomic mass is 9.72. The Bertz CT molecular complexity index is 5400. The van der Waals surface area contributed by atoms with Crippen LogP contribution in [0, 0.1) is 0 Å². The fourth-order valence-corrected chi connectivity index (χ4v) is 17.1. The third-order valence-electron chi connectivity index (χ3n) is 21.3. The third kappa shape index (κ3) is 6.23. The van der Waals surface area contributed by atoms with E-state index in [0.717, 1.165) is 94.4 Å². The van der Waals surface area contributed by atoms with Crippen LogP contribution in [0.3, 0.4) is 0 Å². The van der Waals surface area contributed by atoms with Crippen LogP contribution in [-0.2, 0) is 21.7 Å². The molecule has 0 amide bonds. The first kappa shape index (κ1) is 50.0. The first-order valence-electron chi connectivity index (χ1n) is 31.0. The van der Waals surface area contributed by atoms with Crippen LogP contribution in [0.15, 0.2) is 232 Å². The van der Waals surface area contributed by atoms with Gasteiger partial charge in [-0.25, -0.2) is 0 Å². The van der Waals surface area contributed by atoms with Crippen molar-refractivity contribution in [2.75, 3.05) is 4.90 Å². The number of anilines is 3. The Morgan fingerprint density at radius 2 is 0.682 bits per heavy atom. The van der Waals surface area contributed by atoms with Gasteiger partial charge in [-0.1, -0.05) is 183 Å². The molecular formula is C83H60N2O3. The maximum absolute atomic E-state index is 7.10. The summed E-state index contributed by atoms with van der Waals surface area (Å²) in [4.78, 5) is 6.97. The van der Waals surface area contributed by atoms with Crippen LogP contribution in [0.4, 0.5) is 17.1 Å². The zero-order chi connectivity index (χ0) is 59.1. The number of nitrogens with zero attached hydrogens (tertiary/aromatic N) is 2. The normalized spacial score (nSPS) is 15.6. The standard InChI is InChI=1S/C83H60N2O3/c1-80(2)60-40-47(30-33-51(60)68-63(80)43-57(45-20-10-9-11-21-45)77-71(68)54-23-13-17-27-65(54)86-77)85(48-31-34-52-61(41-48)81(3,4)64-44-58(46-36-38-84-39-37-46)78-72(69(52)64)55-24-14-18-28-66(55)87-78)49-32-35-53-62(42-49)83(7,8)75-70(53)73-56-25-15-19-29-67(56)88-79(73)74-50-22-12-16-26-59(50)82(5,6)76(74)75/h9-44H,1-8H3. The van der Waals surface area contributed by atoms with Crippen LogP contribution in [0.2, 0.25) is 0 Å². The first-order chi connectivity index (χ1) is 42.7. The van der Waals surface area contributed by atoms with Crippen LogP contribution >= 0.6 is 0 Å². The number of aromatic nitrogens is 1. The number of hydrogen-bond donors (Lipinski definition) is 0. The van der Waals surface area contributed by atoms with Gasteiger partial charge in [0.1, 0.15) is 33.5 Å². The minimum absolute atomic E-state index is 0.273. The van der Waals surface area contributed by atoms with Crippen molar-refractivity contribution in [3.8, 4) is 66.8 Å². The summed E-state index contributed by atoms with van der Waals surface area (Å²) in [7, 11) is 0. The quantitative estimate of drug-likeness (QED) is 0.172. The van der Waals surface area contributed by atoms with Crippen LogP contribution in [-0.4, -0.2) is 4.98 Å². The molecule has 420 valence electrons. The lowest BCUT2D eigenvalue weighted by Crippen LogP contribution is -2.24. The van der Waals surface area contributed by atoms with E-state index in [4.69, 9.17) is 13.3 Å². The van der Waals surface area contributed by atoms with Crippen molar-refractivity contribution in [1.82, 2.24) is 4.98 Å². The summed E-state index contributed by atoms with van der Waals surface area (Å²) in [5.41, 5.74) is 32.4. The van der Waals surface area contributed by atoms with E-state index in [1.54, 1.807) is 0 Å². The molecule has 4 heterocycles. The third-order valence-corrected chi connectivity index (χ3v) is 21.3. The summed E-state index contributed by atoms with van der Waals surface area (Å²) in [6.45, 7) is 19.4. The number of pyridine rings is 1. The van der Waals surface area contributed by atoms with Gasteiger partial charge < -0.3 is 18.2 Å². The van der Waals surface area contributed by atoms with Gasteiger partial charge in [0.05, 0.1) is 0 Å². The summed E-state index contributed by atoms with van der Waals surface area (Å²) < 4.78 is 20.9. The van der Waals surface area contributed by atoms with Crippen molar-refractivity contribution in [1.29, 1.82) is 0 Å². The molecule has 0 radical (unpaired) electrons. The molecule has 0 saturated heterocycles. The number of furan rings is 3. The Morgan fingerprint density at radius 3 is 1.20 bits per heavy atom. The molecule has 0 spiro atoms. The highest BCUT2D eigenvalue weighted by Crippen LogP contribution is 2.65. The first-order valence-corrected chi connectivity index (χ1v) is 31.0. The van der Waals surface area contributed by atoms with Crippen molar-refractivity contribution in [3.05, 3.63) is 263 Å². The van der Waals surface area contributed by atoms with Gasteiger partial charge in [-0.15, -0.1) is 0 Å². The predicted octanol–water partition coefficient (Wildman–Crippen LogP) is 22.8. The minimum atomic E-state index is -0.397. The molecule has 4 aliphatic carbocycles. The molecule has 0 fully saturated rings. The topological polar surface area (TPSA) is 55.6 Å². The van der Waals surface area contributed by atoms with Crippen molar-refractivity contribution in [2.45, 2.75) is 77.0 Å². The molecule has 88 heavy (non-hydrogen) atoms. The van der Waals surface area contributed by atoms with E-state index in [1.165, 1.54) is 99.8 Å². The maximum Gasteiger partial charge on any atom is 0.144 e. The van der Waals surface area contributed by atoms with E-state index in [2.05, 4.69) is 272 Å². The van der Waals surface area contributed by atoms with E-state index in [-0.39, 0.29) is 16.2 Å². The van der Waals surface area contributed by atoms with Gasteiger partial charge >= 0.3 is 0 Å². The average molecular weight is 1130 g/mol. The summed E-state index contributed by atoms with van der Waals surface area (Å²) >= 11 is 0. The molecule has 15 aromatic rings. The van der Waals surface area contributed by atoms with Crippen LogP contribution in [0.5, 0.6) is 0 Å². The van der Waals surface area contributed by atoms with Gasteiger partial charge in [-0.05, 0) is 173 Å². The number of benzene rings is 11. The molecule has 0 aliphatic heterocycles. The fraction of sp³-hybridized carbons (Fsp3) is 0.145. The molecule has 0 unspecified atom stereocenters. The molecular weight excluding hydrogens is 1070 g/mol. The minimum Gasteiger partial charge on any atom is -0.455 e. The molecule has 0 atom stereocenters. The summed E-state index contributed by atoms with van der Waals surface area (Å²) in [5.74, 6) is 0. The van der Waals surface area contributed by atoms with Gasteiger partial charge in [0.15, 0.2) is 0 Å². The number of fused-ring (bicyclic) bond motifs is 26. The highest BCUT2D eigenvalue weighted by Gasteiger charge is 2.49. The smallest absolute Gasteiger partial charge is 0.144 e. The summed E-state index contributed by atoms with van der Waals surface area (Å²) in [6.07, 6.45) is 3.76. The number of hydrogen-bond acceptors (Lipinski definition) is 5. The zero-order valence-corrected chi connectivity index (χ0v) is 50.4. The molecule has 0 saturated carbocycles. The van der Waals surface area contributed by atoms with Crippen molar-refractivity contribution < 1.29 is 13.3 Å². The Balaban J connectivity index is 0.855. The molecule has 5 heteroatoms. The second kappa shape index (κ2) is 16.8. The van der Waals surface area contributed by atoms with Gasteiger partial charge in [0.25, 0.3) is 0 Å². The van der Waals surface area contributed by atoms with Gasteiger partial charge in [-0.3, -0.25) is 4.98 Å². The van der Waals surface area contributed by atoms with E-state index in [9.17, 15) is 0 Å². The second-order valence-corrected chi connectivity index (χ2v) is 27.3. The molecule has 19 rings (SSSR count). The molecule has 0 bridgehead atoms. The summed E-state index contributed by atoms with van der Waals surface area (Å²) in [6, 6.07) is 76.4. The molecule has 11 aromatic carbocycles. The van der Waals surface area contributed by atoms with Gasteiger partial charge in [0.2, 0.25) is 0 Å². The van der Waals surface area contributed by atoms with Crippen LogP contribution < -0.4 is 4.90 Å². The Labute approximate surface area is 510 Å². The SMILES string of the molecule is CC1(C)c2cc(N(c3ccc4c(c3)C(C)(C)c3cc(-c5ccncc5)c5oc6ccccc6c5c3-4)c3ccc4c(c3)C(C)(C)c3c5c(c6oc7ccccc7c6c3-4)-c3ccccc3C5(C)C)ccc2-c2c1cc(-c1ccccc1)c1oc3ccccc3c21. The van der Waals surface area contributed by atoms with E-state index >= 15 is 0 Å². The molecule has 5 nitrogen and oxygen atoms in total. The largest absolute Gasteiger partial charge is 0.455 e. The van der Waals surface area contributed by atoms with Gasteiger partial charge in [-0.2, -0.15) is 0 Å². The highest BCUT2D eigenvalue weighted by molar-refractivity contribution is 6.23. The van der Waals surface area contributed by atoms with E-state index < -0.39 is 5.41 Å². The molecule has 4 aromatic heterocycles. The average Bonchev–Trinajstić information content (AvgIpc) is 1.57. The van der Waals surface area contributed by atoms with E-state index in [0.29, 0.717) is 0 Å². The highest BCUT2D eigenvalue weighted by atomic mass is 16.3. The lowest BCUT2D eigenvalue weighted by Gasteiger charge is -2.32. The monoisotopic (exact) mass is 1130 g/mol. The van der Waals surface area contributed by atoms with Crippen LogP contribution in [0.25, 0.3) is 133 Å². The Kier molecular flexibility index (Phi) is 9.56. The van der Waals surface area contributed by atoms with Crippen molar-refractivity contribution in [2.24, 2.45) is 0 Å². The maximum atomic E-state index is 7.10. The Hall–Kier alpha value is -10.2. The zero-order valence-electron chi connectivity index (χ0n) is 50.4. The fourth-order valence-electron chi connectivity index (χ4n) is 17.1. The number of rotatable bonds is 5. The van der Waals surface area contributed by atoms with Crippen molar-refractivity contribution >= 4 is 82.9 Å². The predicted molar refractivity (Wildman–Crippen MR) is 362 cm³/mol. The van der Waals surface area contributed by atoms with E-state index in [1.807, 2.05) is 12.4 Å². The van der Waals surface area contributed by atoms with Gasteiger partial charge in [0, 0.05) is 100 Å².